The summed E-state index contributed by atoms with van der Waals surface area (Å²) >= 11 is 17.8. The zero-order valence-corrected chi connectivity index (χ0v) is 13.3. The van der Waals surface area contributed by atoms with Gasteiger partial charge < -0.3 is 0 Å². The van der Waals surface area contributed by atoms with Gasteiger partial charge in [0.05, 0.1) is 5.38 Å². The van der Waals surface area contributed by atoms with Gasteiger partial charge in [0.2, 0.25) is 0 Å². The second-order valence-corrected chi connectivity index (χ2v) is 6.93. The second-order valence-electron chi connectivity index (χ2n) is 3.92. The van der Waals surface area contributed by atoms with Gasteiger partial charge in [-0.25, -0.2) is 0 Å². The van der Waals surface area contributed by atoms with Crippen LogP contribution in [0, 0.1) is 13.8 Å². The van der Waals surface area contributed by atoms with Crippen LogP contribution in [0.5, 0.6) is 0 Å². The van der Waals surface area contributed by atoms with E-state index in [9.17, 15) is 0 Å². The molecular weight excluding hydrogens is 339 g/mol. The summed E-state index contributed by atoms with van der Waals surface area (Å²) in [6, 6.07) is 7.91. The van der Waals surface area contributed by atoms with Crippen molar-refractivity contribution in [3.8, 4) is 0 Å². The monoisotopic (exact) mass is 348 g/mol. The maximum atomic E-state index is 6.53. The fraction of sp³-hybridized carbons (Fsp3) is 0.231. The Hall–Kier alpha value is -0.0200. The molecule has 0 bridgehead atoms. The summed E-state index contributed by atoms with van der Waals surface area (Å²) in [5.74, 6) is 0. The molecule has 0 aliphatic carbocycles. The van der Waals surface area contributed by atoms with Crippen molar-refractivity contribution in [3.63, 3.8) is 0 Å². The third-order valence-electron chi connectivity index (χ3n) is 2.64. The van der Waals surface area contributed by atoms with Gasteiger partial charge >= 0.3 is 0 Å². The summed E-state index contributed by atoms with van der Waals surface area (Å²) in [6.45, 7) is 4.13. The summed E-state index contributed by atoms with van der Waals surface area (Å²) in [5, 5.41) is 0.590. The molecule has 1 heterocycles. The van der Waals surface area contributed by atoms with Crippen molar-refractivity contribution in [1.82, 2.24) is 0 Å². The van der Waals surface area contributed by atoms with E-state index in [2.05, 4.69) is 35.8 Å². The summed E-state index contributed by atoms with van der Waals surface area (Å²) in [6.07, 6.45) is 0. The van der Waals surface area contributed by atoms with E-state index < -0.39 is 0 Å². The molecule has 1 unspecified atom stereocenters. The van der Waals surface area contributed by atoms with Gasteiger partial charge in [0.25, 0.3) is 0 Å². The molecule has 2 rings (SSSR count). The first-order chi connectivity index (χ1) is 7.99. The van der Waals surface area contributed by atoms with E-state index in [1.54, 1.807) is 11.3 Å². The first kappa shape index (κ1) is 13.4. The van der Waals surface area contributed by atoms with Gasteiger partial charge in [-0.3, -0.25) is 0 Å². The van der Waals surface area contributed by atoms with Gasteiger partial charge in [-0.05, 0) is 59.1 Å². The Bertz CT molecular complexity index is 529. The number of hydrogen-bond donors (Lipinski definition) is 0. The Morgan fingerprint density at radius 2 is 1.94 bits per heavy atom. The molecule has 0 radical (unpaired) electrons. The number of hydrogen-bond acceptors (Lipinski definition) is 1. The average molecular weight is 350 g/mol. The van der Waals surface area contributed by atoms with E-state index in [1.807, 2.05) is 18.2 Å². The highest BCUT2D eigenvalue weighted by Gasteiger charge is 2.17. The molecule has 4 heteroatoms. The maximum absolute atomic E-state index is 6.53. The third-order valence-corrected chi connectivity index (χ3v) is 5.68. The fourth-order valence-corrected chi connectivity index (χ4v) is 3.81. The van der Waals surface area contributed by atoms with Gasteiger partial charge in [-0.15, -0.1) is 22.9 Å². The van der Waals surface area contributed by atoms with E-state index in [0.717, 1.165) is 25.5 Å². The van der Waals surface area contributed by atoms with Gasteiger partial charge in [-0.2, -0.15) is 0 Å². The summed E-state index contributed by atoms with van der Waals surface area (Å²) in [5.41, 5.74) is 2.24. The zero-order chi connectivity index (χ0) is 12.6. The van der Waals surface area contributed by atoms with Gasteiger partial charge in [0.1, 0.15) is 0 Å². The van der Waals surface area contributed by atoms with E-state index in [1.165, 1.54) is 4.88 Å². The highest BCUT2D eigenvalue weighted by atomic mass is 79.9. The minimum absolute atomic E-state index is 0.135. The molecule has 1 aromatic heterocycles. The van der Waals surface area contributed by atoms with Crippen LogP contribution in [0.2, 0.25) is 5.02 Å². The quantitative estimate of drug-likeness (QED) is 0.574. The lowest BCUT2D eigenvalue weighted by Gasteiger charge is -2.11. The molecule has 0 amide bonds. The van der Waals surface area contributed by atoms with Crippen molar-refractivity contribution in [1.29, 1.82) is 0 Å². The van der Waals surface area contributed by atoms with Crippen LogP contribution in [-0.4, -0.2) is 0 Å². The highest BCUT2D eigenvalue weighted by molar-refractivity contribution is 9.10. The predicted octanol–water partition coefficient (Wildman–Crippen LogP) is 6.11. The molecule has 0 aliphatic rings. The van der Waals surface area contributed by atoms with E-state index in [-0.39, 0.29) is 5.38 Å². The lowest BCUT2D eigenvalue weighted by atomic mass is 10.0. The van der Waals surface area contributed by atoms with Crippen LogP contribution in [0.4, 0.5) is 0 Å². The summed E-state index contributed by atoms with van der Waals surface area (Å²) in [4.78, 5) is 2.38. The molecule has 17 heavy (non-hydrogen) atoms. The van der Waals surface area contributed by atoms with Crippen molar-refractivity contribution in [2.75, 3.05) is 0 Å². The summed E-state index contributed by atoms with van der Waals surface area (Å²) in [7, 11) is 0. The van der Waals surface area contributed by atoms with Gasteiger partial charge in [-0.1, -0.05) is 17.7 Å². The van der Waals surface area contributed by atoms with Crippen molar-refractivity contribution in [2.45, 2.75) is 19.2 Å². The average Bonchev–Trinajstić information content (AvgIpc) is 2.62. The van der Waals surface area contributed by atoms with Crippen molar-refractivity contribution < 1.29 is 0 Å². The number of thiophene rings is 1. The first-order valence-corrected chi connectivity index (χ1v) is 7.57. The fourth-order valence-electron chi connectivity index (χ4n) is 1.64. The Kier molecular flexibility index (Phi) is 4.19. The van der Waals surface area contributed by atoms with E-state index >= 15 is 0 Å². The van der Waals surface area contributed by atoms with Crippen LogP contribution in [0.3, 0.4) is 0 Å². The molecule has 2 aromatic rings. The molecule has 0 N–H and O–H groups in total. The summed E-state index contributed by atoms with van der Waals surface area (Å²) < 4.78 is 1.11. The van der Waals surface area contributed by atoms with Crippen molar-refractivity contribution in [3.05, 3.63) is 54.6 Å². The number of halogens is 3. The number of benzene rings is 1. The van der Waals surface area contributed by atoms with Crippen LogP contribution >= 0.6 is 50.5 Å². The molecule has 1 atom stereocenters. The third kappa shape index (κ3) is 2.87. The largest absolute Gasteiger partial charge is 0.143 e. The van der Waals surface area contributed by atoms with Crippen LogP contribution < -0.4 is 0 Å². The van der Waals surface area contributed by atoms with Crippen molar-refractivity contribution >= 4 is 50.5 Å². The van der Waals surface area contributed by atoms with Gasteiger partial charge in [0, 0.05) is 19.2 Å². The molecule has 0 saturated carbocycles. The topological polar surface area (TPSA) is 0 Å². The molecule has 0 fully saturated rings. The van der Waals surface area contributed by atoms with Gasteiger partial charge in [0.15, 0.2) is 0 Å². The predicted molar refractivity (Wildman–Crippen MR) is 80.6 cm³/mol. The lowest BCUT2D eigenvalue weighted by Crippen LogP contribution is -1.93. The second kappa shape index (κ2) is 5.31. The number of aryl methyl sites for hydroxylation is 2. The normalized spacial score (nSPS) is 12.8. The van der Waals surface area contributed by atoms with Crippen LogP contribution in [0.25, 0.3) is 0 Å². The number of rotatable bonds is 2. The first-order valence-electron chi connectivity index (χ1n) is 5.15. The lowest BCUT2D eigenvalue weighted by molar-refractivity contribution is 1.14. The molecule has 0 aliphatic heterocycles. The molecule has 1 aromatic carbocycles. The van der Waals surface area contributed by atoms with Crippen LogP contribution in [0.1, 0.15) is 26.3 Å². The Morgan fingerprint density at radius 1 is 1.24 bits per heavy atom. The minimum atomic E-state index is -0.135. The number of alkyl halides is 1. The zero-order valence-electron chi connectivity index (χ0n) is 9.43. The molecule has 0 saturated heterocycles. The molecular formula is C13H11BrCl2S. The van der Waals surface area contributed by atoms with E-state index in [4.69, 9.17) is 23.2 Å². The van der Waals surface area contributed by atoms with Crippen LogP contribution in [0.15, 0.2) is 28.7 Å². The van der Waals surface area contributed by atoms with Crippen LogP contribution in [-0.2, 0) is 0 Å². The maximum Gasteiger partial charge on any atom is 0.0931 e. The standard InChI is InChI=1S/C13H11BrCl2S/c1-7-3-4-9(15)5-10(7)13(16)12-6-11(14)8(2)17-12/h3-6,13H,1-2H3. The van der Waals surface area contributed by atoms with Crippen molar-refractivity contribution in [2.24, 2.45) is 0 Å². The van der Waals surface area contributed by atoms with E-state index in [0.29, 0.717) is 0 Å². The molecule has 90 valence electrons. The Morgan fingerprint density at radius 3 is 2.53 bits per heavy atom. The minimum Gasteiger partial charge on any atom is -0.143 e. The SMILES string of the molecule is Cc1ccc(Cl)cc1C(Cl)c1cc(Br)c(C)s1. The molecule has 0 spiro atoms. The Labute approximate surface area is 124 Å². The highest BCUT2D eigenvalue weighted by Crippen LogP contribution is 2.39. The Balaban J connectivity index is 2.42. The smallest absolute Gasteiger partial charge is 0.0931 e. The molecule has 0 nitrogen and oxygen atoms in total.